The second-order valence-electron chi connectivity index (χ2n) is 3.78. The average molecular weight is 250 g/mol. The lowest BCUT2D eigenvalue weighted by Crippen LogP contribution is -2.34. The van der Waals surface area contributed by atoms with E-state index in [0.29, 0.717) is 0 Å². The maximum absolute atomic E-state index is 9.37. The van der Waals surface area contributed by atoms with Gasteiger partial charge in [0.2, 0.25) is 0 Å². The highest BCUT2D eigenvalue weighted by Crippen LogP contribution is 2.13. The van der Waals surface area contributed by atoms with Gasteiger partial charge in [-0.3, -0.25) is 5.32 Å². The summed E-state index contributed by atoms with van der Waals surface area (Å²) in [4.78, 5) is 0. The summed E-state index contributed by atoms with van der Waals surface area (Å²) in [7, 11) is 0. The standard InChI is InChI=1S/C13H18N2OS/c1-17-8-7-12(9-14)15-13(10-16)11-5-3-2-4-6-11/h2-6,12-13,15-16H,7-8,10H2,1H3/t12-,13-/m1/s1. The van der Waals surface area contributed by atoms with Crippen LogP contribution in [0.1, 0.15) is 18.0 Å². The van der Waals surface area contributed by atoms with Crippen LogP contribution in [0.2, 0.25) is 0 Å². The average Bonchev–Trinajstić information content (AvgIpc) is 2.40. The van der Waals surface area contributed by atoms with Gasteiger partial charge < -0.3 is 5.11 Å². The molecule has 1 aromatic carbocycles. The highest BCUT2D eigenvalue weighted by atomic mass is 32.2. The second-order valence-corrected chi connectivity index (χ2v) is 4.76. The SMILES string of the molecule is CSCC[C@H](C#N)N[C@H](CO)c1ccccc1. The van der Waals surface area contributed by atoms with E-state index in [1.807, 2.05) is 36.6 Å². The first-order chi connectivity index (χ1) is 8.31. The molecule has 0 aromatic heterocycles. The summed E-state index contributed by atoms with van der Waals surface area (Å²) in [5.41, 5.74) is 1.01. The Balaban J connectivity index is 2.60. The maximum Gasteiger partial charge on any atom is 0.0966 e. The van der Waals surface area contributed by atoms with Crippen LogP contribution in [-0.4, -0.2) is 29.8 Å². The van der Waals surface area contributed by atoms with Crippen LogP contribution in [0.25, 0.3) is 0 Å². The Morgan fingerprint density at radius 3 is 2.65 bits per heavy atom. The van der Waals surface area contributed by atoms with Crippen molar-refractivity contribution < 1.29 is 5.11 Å². The normalized spacial score (nSPS) is 13.9. The first-order valence-corrected chi connectivity index (χ1v) is 7.01. The molecule has 0 aliphatic carbocycles. The zero-order valence-electron chi connectivity index (χ0n) is 9.97. The van der Waals surface area contributed by atoms with E-state index < -0.39 is 0 Å². The maximum atomic E-state index is 9.37. The number of aliphatic hydroxyl groups excluding tert-OH is 1. The lowest BCUT2D eigenvalue weighted by molar-refractivity contribution is 0.238. The topological polar surface area (TPSA) is 56.0 Å². The minimum atomic E-state index is -0.209. The van der Waals surface area contributed by atoms with Gasteiger partial charge in [-0.15, -0.1) is 0 Å². The molecule has 2 atom stereocenters. The van der Waals surface area contributed by atoms with Crippen molar-refractivity contribution in [2.75, 3.05) is 18.6 Å². The Morgan fingerprint density at radius 2 is 2.12 bits per heavy atom. The van der Waals surface area contributed by atoms with Crippen LogP contribution in [0.4, 0.5) is 0 Å². The number of nitrogens with one attached hydrogen (secondary N) is 1. The summed E-state index contributed by atoms with van der Waals surface area (Å²) in [6, 6.07) is 11.6. The number of nitrogens with zero attached hydrogens (tertiary/aromatic N) is 1. The molecule has 4 heteroatoms. The lowest BCUT2D eigenvalue weighted by atomic mass is 10.1. The Labute approximate surface area is 107 Å². The summed E-state index contributed by atoms with van der Waals surface area (Å²) >= 11 is 1.72. The van der Waals surface area contributed by atoms with Crippen molar-refractivity contribution in [1.82, 2.24) is 5.32 Å². The van der Waals surface area contributed by atoms with Gasteiger partial charge in [-0.25, -0.2) is 0 Å². The van der Waals surface area contributed by atoms with Gasteiger partial charge in [0.25, 0.3) is 0 Å². The number of nitriles is 1. The fourth-order valence-electron chi connectivity index (χ4n) is 1.60. The van der Waals surface area contributed by atoms with Crippen molar-refractivity contribution in [2.24, 2.45) is 0 Å². The first-order valence-electron chi connectivity index (χ1n) is 5.62. The predicted octanol–water partition coefficient (Wildman–Crippen LogP) is 1.95. The molecule has 0 spiro atoms. The van der Waals surface area contributed by atoms with Crippen LogP contribution in [0.5, 0.6) is 0 Å². The molecule has 1 aromatic rings. The van der Waals surface area contributed by atoms with E-state index in [2.05, 4.69) is 11.4 Å². The summed E-state index contributed by atoms with van der Waals surface area (Å²) in [6.07, 6.45) is 2.82. The molecule has 0 aliphatic rings. The molecule has 0 radical (unpaired) electrons. The first kappa shape index (κ1) is 14.0. The molecule has 0 bridgehead atoms. The van der Waals surface area contributed by atoms with E-state index in [9.17, 15) is 5.11 Å². The molecular formula is C13H18N2OS. The van der Waals surface area contributed by atoms with Gasteiger partial charge in [0.05, 0.1) is 24.8 Å². The number of benzene rings is 1. The van der Waals surface area contributed by atoms with Crippen LogP contribution in [-0.2, 0) is 0 Å². The molecule has 0 aliphatic heterocycles. The van der Waals surface area contributed by atoms with Crippen LogP contribution >= 0.6 is 11.8 Å². The van der Waals surface area contributed by atoms with Gasteiger partial charge in [0, 0.05) is 0 Å². The third-order valence-corrected chi connectivity index (χ3v) is 3.20. The van der Waals surface area contributed by atoms with Gasteiger partial charge in [0.15, 0.2) is 0 Å². The molecular weight excluding hydrogens is 232 g/mol. The molecule has 0 heterocycles. The smallest absolute Gasteiger partial charge is 0.0966 e. The van der Waals surface area contributed by atoms with Crippen LogP contribution < -0.4 is 5.32 Å². The minimum absolute atomic E-state index is 0.00145. The van der Waals surface area contributed by atoms with Gasteiger partial charge in [-0.05, 0) is 24.0 Å². The van der Waals surface area contributed by atoms with Gasteiger partial charge >= 0.3 is 0 Å². The molecule has 0 saturated heterocycles. The monoisotopic (exact) mass is 250 g/mol. The van der Waals surface area contributed by atoms with Crippen LogP contribution in [0.3, 0.4) is 0 Å². The lowest BCUT2D eigenvalue weighted by Gasteiger charge is -2.20. The fourth-order valence-corrected chi connectivity index (χ4v) is 2.07. The van der Waals surface area contributed by atoms with E-state index in [-0.39, 0.29) is 18.7 Å². The van der Waals surface area contributed by atoms with E-state index in [1.165, 1.54) is 0 Å². The van der Waals surface area contributed by atoms with E-state index in [1.54, 1.807) is 11.8 Å². The number of rotatable bonds is 7. The summed E-state index contributed by atoms with van der Waals surface area (Å²) in [5, 5.41) is 21.6. The molecule has 0 amide bonds. The van der Waals surface area contributed by atoms with E-state index in [4.69, 9.17) is 5.26 Å². The predicted molar refractivity (Wildman–Crippen MR) is 71.8 cm³/mol. The third-order valence-electron chi connectivity index (χ3n) is 2.55. The second kappa shape index (κ2) is 8.13. The van der Waals surface area contributed by atoms with Crippen LogP contribution in [0, 0.1) is 11.3 Å². The molecule has 0 unspecified atom stereocenters. The van der Waals surface area contributed by atoms with Crippen molar-refractivity contribution in [3.05, 3.63) is 35.9 Å². The van der Waals surface area contributed by atoms with Crippen molar-refractivity contribution in [1.29, 1.82) is 5.26 Å². The van der Waals surface area contributed by atoms with Gasteiger partial charge in [-0.1, -0.05) is 30.3 Å². The number of hydrogen-bond acceptors (Lipinski definition) is 4. The Kier molecular flexibility index (Phi) is 6.71. The molecule has 1 rings (SSSR count). The summed E-state index contributed by atoms with van der Waals surface area (Å²) in [6.45, 7) is 0.00145. The molecule has 0 saturated carbocycles. The van der Waals surface area contributed by atoms with Crippen molar-refractivity contribution in [3.63, 3.8) is 0 Å². The Hall–Kier alpha value is -1.02. The van der Waals surface area contributed by atoms with Crippen molar-refractivity contribution >= 4 is 11.8 Å². The molecule has 92 valence electrons. The van der Waals surface area contributed by atoms with Gasteiger partial charge in [-0.2, -0.15) is 17.0 Å². The molecule has 3 nitrogen and oxygen atoms in total. The van der Waals surface area contributed by atoms with Crippen molar-refractivity contribution in [2.45, 2.75) is 18.5 Å². The molecule has 17 heavy (non-hydrogen) atoms. The highest BCUT2D eigenvalue weighted by Gasteiger charge is 2.15. The summed E-state index contributed by atoms with van der Waals surface area (Å²) in [5.74, 6) is 0.943. The number of aliphatic hydroxyl groups is 1. The van der Waals surface area contributed by atoms with E-state index in [0.717, 1.165) is 17.7 Å². The van der Waals surface area contributed by atoms with Crippen molar-refractivity contribution in [3.8, 4) is 6.07 Å². The zero-order valence-corrected chi connectivity index (χ0v) is 10.8. The highest BCUT2D eigenvalue weighted by molar-refractivity contribution is 7.98. The fraction of sp³-hybridized carbons (Fsp3) is 0.462. The van der Waals surface area contributed by atoms with Crippen LogP contribution in [0.15, 0.2) is 30.3 Å². The largest absolute Gasteiger partial charge is 0.394 e. The zero-order chi connectivity index (χ0) is 12.5. The quantitative estimate of drug-likeness (QED) is 0.776. The number of thioether (sulfide) groups is 1. The minimum Gasteiger partial charge on any atom is -0.394 e. The Morgan fingerprint density at radius 1 is 1.41 bits per heavy atom. The van der Waals surface area contributed by atoms with Gasteiger partial charge in [0.1, 0.15) is 0 Å². The summed E-state index contributed by atoms with van der Waals surface area (Å²) < 4.78 is 0. The third kappa shape index (κ3) is 4.78. The molecule has 0 fully saturated rings. The van der Waals surface area contributed by atoms with E-state index >= 15 is 0 Å². The number of hydrogen-bond donors (Lipinski definition) is 2. The molecule has 2 N–H and O–H groups in total. The Bertz CT molecular complexity index is 350.